The van der Waals surface area contributed by atoms with E-state index in [4.69, 9.17) is 14.5 Å². The average molecular weight is 431 g/mol. The van der Waals surface area contributed by atoms with Crippen LogP contribution in [0.3, 0.4) is 0 Å². The maximum Gasteiger partial charge on any atom is 0.225 e. The van der Waals surface area contributed by atoms with E-state index in [1.807, 2.05) is 18.2 Å². The van der Waals surface area contributed by atoms with Crippen molar-refractivity contribution in [2.45, 2.75) is 11.2 Å². The number of imidazole rings is 4. The first-order valence-electron chi connectivity index (χ1n) is 9.83. The van der Waals surface area contributed by atoms with Crippen LogP contribution in [-0.2, 0) is 20.7 Å². The standard InChI is InChI=1S/C21H21N9O2/c1-31-20(16-22-6-7-23-16,17-24-8-9-25-17)14-4-3-5-15(30-14)21(32-2,18-26-10-11-27-18)19-28-12-13-29-19/h3-13H,1-2H3,(H,22,23)(H,24,25)(H,26,27)(H,28,29). The van der Waals surface area contributed by atoms with Crippen molar-refractivity contribution in [3.8, 4) is 0 Å². The van der Waals surface area contributed by atoms with Crippen molar-refractivity contribution < 1.29 is 9.47 Å². The summed E-state index contributed by atoms with van der Waals surface area (Å²) in [6, 6.07) is 5.57. The SMILES string of the molecule is COC(c1cccc(C(OC)(c2ncc[nH]2)c2ncc[nH]2)n1)(c1ncc[nH]1)c1ncc[nH]1. The maximum atomic E-state index is 6.06. The zero-order valence-electron chi connectivity index (χ0n) is 17.4. The van der Waals surface area contributed by atoms with Crippen LogP contribution >= 0.6 is 0 Å². The molecule has 0 spiro atoms. The summed E-state index contributed by atoms with van der Waals surface area (Å²) >= 11 is 0. The normalized spacial score (nSPS) is 12.3. The van der Waals surface area contributed by atoms with Gasteiger partial charge in [-0.25, -0.2) is 24.9 Å². The van der Waals surface area contributed by atoms with E-state index in [-0.39, 0.29) is 0 Å². The third kappa shape index (κ3) is 2.79. The van der Waals surface area contributed by atoms with Crippen LogP contribution in [0, 0.1) is 0 Å². The molecule has 0 aromatic carbocycles. The van der Waals surface area contributed by atoms with E-state index in [1.165, 1.54) is 0 Å². The Kier molecular flexibility index (Phi) is 4.88. The number of pyridine rings is 1. The monoisotopic (exact) mass is 431 g/mol. The Hall–Kier alpha value is -4.09. The van der Waals surface area contributed by atoms with Crippen LogP contribution in [0.25, 0.3) is 0 Å². The minimum Gasteiger partial charge on any atom is -0.357 e. The molecule has 0 aliphatic carbocycles. The number of hydrogen-bond donors (Lipinski definition) is 4. The van der Waals surface area contributed by atoms with Gasteiger partial charge < -0.3 is 29.4 Å². The lowest BCUT2D eigenvalue weighted by Gasteiger charge is -2.31. The number of hydrogen-bond acceptors (Lipinski definition) is 7. The molecule has 0 fully saturated rings. The Bertz CT molecular complexity index is 1080. The second-order valence-electron chi connectivity index (χ2n) is 6.93. The highest BCUT2D eigenvalue weighted by molar-refractivity contribution is 5.39. The summed E-state index contributed by atoms with van der Waals surface area (Å²) < 4.78 is 12.1. The lowest BCUT2D eigenvalue weighted by Crippen LogP contribution is -2.39. The molecule has 0 saturated carbocycles. The van der Waals surface area contributed by atoms with E-state index < -0.39 is 11.2 Å². The van der Waals surface area contributed by atoms with Crippen LogP contribution in [0.5, 0.6) is 0 Å². The van der Waals surface area contributed by atoms with Gasteiger partial charge in [-0.3, -0.25) is 0 Å². The number of ether oxygens (including phenoxy) is 2. The van der Waals surface area contributed by atoms with Gasteiger partial charge >= 0.3 is 0 Å². The number of methoxy groups -OCH3 is 2. The number of H-pyrrole nitrogens is 4. The van der Waals surface area contributed by atoms with Gasteiger partial charge in [0.05, 0.1) is 11.4 Å². The second-order valence-corrected chi connectivity index (χ2v) is 6.93. The fourth-order valence-electron chi connectivity index (χ4n) is 3.96. The van der Waals surface area contributed by atoms with Crippen LogP contribution in [0.2, 0.25) is 0 Å². The van der Waals surface area contributed by atoms with Crippen LogP contribution in [0.1, 0.15) is 34.7 Å². The molecule has 5 aromatic heterocycles. The molecule has 0 saturated heterocycles. The van der Waals surface area contributed by atoms with Crippen LogP contribution in [0.15, 0.2) is 67.8 Å². The van der Waals surface area contributed by atoms with Gasteiger partial charge in [-0.15, -0.1) is 0 Å². The Balaban J connectivity index is 1.76. The van der Waals surface area contributed by atoms with Crippen LogP contribution in [-0.4, -0.2) is 59.1 Å². The number of rotatable bonds is 8. The molecular weight excluding hydrogens is 410 g/mol. The van der Waals surface area contributed by atoms with E-state index in [2.05, 4.69) is 39.9 Å². The molecule has 162 valence electrons. The first-order chi connectivity index (χ1) is 15.8. The molecule has 5 aromatic rings. The highest BCUT2D eigenvalue weighted by Crippen LogP contribution is 2.39. The Labute approximate surface area is 182 Å². The van der Waals surface area contributed by atoms with Gasteiger partial charge in [-0.2, -0.15) is 0 Å². The summed E-state index contributed by atoms with van der Waals surface area (Å²) in [5.41, 5.74) is -1.34. The second kappa shape index (κ2) is 7.87. The van der Waals surface area contributed by atoms with Gasteiger partial charge in [-0.05, 0) is 12.1 Å². The molecule has 0 atom stereocenters. The van der Waals surface area contributed by atoms with Gasteiger partial charge in [0.1, 0.15) is 0 Å². The van der Waals surface area contributed by atoms with E-state index in [0.717, 1.165) is 0 Å². The first kappa shape index (κ1) is 19.8. The molecule has 4 N–H and O–H groups in total. The molecular formula is C21H21N9O2. The van der Waals surface area contributed by atoms with Gasteiger partial charge in [0.15, 0.2) is 23.3 Å². The summed E-state index contributed by atoms with van der Waals surface area (Å²) in [4.78, 5) is 35.4. The third-order valence-electron chi connectivity index (χ3n) is 5.41. The number of nitrogens with one attached hydrogen (secondary N) is 4. The number of aromatic amines is 4. The van der Waals surface area contributed by atoms with Gasteiger partial charge in [0, 0.05) is 63.8 Å². The molecule has 32 heavy (non-hydrogen) atoms. The third-order valence-corrected chi connectivity index (χ3v) is 5.41. The molecule has 0 bridgehead atoms. The predicted molar refractivity (Wildman–Crippen MR) is 112 cm³/mol. The highest BCUT2D eigenvalue weighted by atomic mass is 16.5. The average Bonchev–Trinajstić information content (AvgIpc) is 3.65. The van der Waals surface area contributed by atoms with Crippen molar-refractivity contribution in [2.24, 2.45) is 0 Å². The number of nitrogens with zero attached hydrogens (tertiary/aromatic N) is 5. The van der Waals surface area contributed by atoms with Crippen LogP contribution < -0.4 is 0 Å². The topological polar surface area (TPSA) is 146 Å². The van der Waals surface area contributed by atoms with Crippen molar-refractivity contribution >= 4 is 0 Å². The summed E-state index contributed by atoms with van der Waals surface area (Å²) in [6.07, 6.45) is 13.5. The largest absolute Gasteiger partial charge is 0.357 e. The summed E-state index contributed by atoms with van der Waals surface area (Å²) in [5.74, 6) is 2.11. The molecule has 11 heteroatoms. The Morgan fingerprint density at radius 3 is 1.19 bits per heavy atom. The molecule has 11 nitrogen and oxygen atoms in total. The lowest BCUT2D eigenvalue weighted by atomic mass is 9.92. The van der Waals surface area contributed by atoms with Crippen molar-refractivity contribution in [1.82, 2.24) is 44.9 Å². The molecule has 0 radical (unpaired) electrons. The minimum absolute atomic E-state index is 0.526. The molecule has 5 rings (SSSR count). The van der Waals surface area contributed by atoms with Crippen molar-refractivity contribution in [3.05, 3.63) is 102 Å². The summed E-state index contributed by atoms with van der Waals surface area (Å²) in [6.45, 7) is 0. The van der Waals surface area contributed by atoms with Gasteiger partial charge in [0.2, 0.25) is 11.2 Å². The first-order valence-corrected chi connectivity index (χ1v) is 9.83. The van der Waals surface area contributed by atoms with E-state index in [9.17, 15) is 0 Å². The Morgan fingerprint density at radius 1 is 0.594 bits per heavy atom. The fourth-order valence-corrected chi connectivity index (χ4v) is 3.96. The molecule has 0 aliphatic rings. The predicted octanol–water partition coefficient (Wildman–Crippen LogP) is 1.85. The van der Waals surface area contributed by atoms with E-state index in [0.29, 0.717) is 34.7 Å². The van der Waals surface area contributed by atoms with Gasteiger partial charge in [0.25, 0.3) is 0 Å². The van der Waals surface area contributed by atoms with Gasteiger partial charge in [-0.1, -0.05) is 6.07 Å². The fraction of sp³-hybridized carbons (Fsp3) is 0.190. The molecule has 0 unspecified atom stereocenters. The smallest absolute Gasteiger partial charge is 0.225 e. The van der Waals surface area contributed by atoms with E-state index >= 15 is 0 Å². The maximum absolute atomic E-state index is 6.06. The zero-order valence-corrected chi connectivity index (χ0v) is 17.4. The Morgan fingerprint density at radius 2 is 0.938 bits per heavy atom. The van der Waals surface area contributed by atoms with Crippen molar-refractivity contribution in [2.75, 3.05) is 14.2 Å². The zero-order chi connectivity index (χ0) is 22.0. The van der Waals surface area contributed by atoms with Crippen LogP contribution in [0.4, 0.5) is 0 Å². The molecule has 0 amide bonds. The number of aromatic nitrogens is 9. The van der Waals surface area contributed by atoms with E-state index in [1.54, 1.807) is 63.8 Å². The summed E-state index contributed by atoms with van der Waals surface area (Å²) in [7, 11) is 3.17. The minimum atomic E-state index is -1.21. The lowest BCUT2D eigenvalue weighted by molar-refractivity contribution is 0.0316. The molecule has 0 aliphatic heterocycles. The highest BCUT2D eigenvalue weighted by Gasteiger charge is 2.47. The van der Waals surface area contributed by atoms with Crippen molar-refractivity contribution in [1.29, 1.82) is 0 Å². The van der Waals surface area contributed by atoms with Crippen molar-refractivity contribution in [3.63, 3.8) is 0 Å². The quantitative estimate of drug-likeness (QED) is 0.293. The summed E-state index contributed by atoms with van der Waals surface area (Å²) in [5, 5.41) is 0. The molecule has 5 heterocycles.